The molecule has 17 nitrogen and oxygen atoms in total. The van der Waals surface area contributed by atoms with Crippen LogP contribution >= 0.6 is 0 Å². The van der Waals surface area contributed by atoms with Crippen LogP contribution in [-0.2, 0) is 19.0 Å². The van der Waals surface area contributed by atoms with Crippen LogP contribution < -0.4 is 10.7 Å². The molecule has 0 aliphatic carbocycles. The van der Waals surface area contributed by atoms with Crippen LogP contribution in [0.15, 0.2) is 98.1 Å². The normalized spacial score (nSPS) is 13.7. The van der Waals surface area contributed by atoms with E-state index in [1.807, 2.05) is 34.9 Å². The summed E-state index contributed by atoms with van der Waals surface area (Å²) >= 11 is 0. The van der Waals surface area contributed by atoms with Crippen molar-refractivity contribution < 1.29 is 38.2 Å². The van der Waals surface area contributed by atoms with E-state index < -0.39 is 17.7 Å². The van der Waals surface area contributed by atoms with Crippen LogP contribution in [0.5, 0.6) is 0 Å². The maximum absolute atomic E-state index is 14.0. The summed E-state index contributed by atoms with van der Waals surface area (Å²) in [5.74, 6) is -1.97. The maximum Gasteiger partial charge on any atom is 0.261 e. The van der Waals surface area contributed by atoms with E-state index >= 15 is 0 Å². The number of hydrogen-bond donors (Lipinski definition) is 2. The van der Waals surface area contributed by atoms with Gasteiger partial charge in [0.05, 0.1) is 50.2 Å². The van der Waals surface area contributed by atoms with Crippen molar-refractivity contribution in [3.63, 3.8) is 0 Å². The molecule has 2 aromatic heterocycles. The molecule has 4 heterocycles. The predicted molar refractivity (Wildman–Crippen MR) is 224 cm³/mol. The molecule has 6 aromatic rings. The molecule has 0 fully saturated rings. The fourth-order valence-corrected chi connectivity index (χ4v) is 7.70. The standard InChI is InChI=1S/C44H45N9O8/c1-59-19-20-60-21-22-61-27-38(54)48-51(17-18-53-42(56)35-8-3-6-31-24-33(50-15-11-47-29-50)26-37(40(31)35)44(53)58)13-4-9-45-12-16-52-41(55)34-7-2-5-30-23-32(49-14-10-46-28-49)25-36(39(30)34)43(52)57/h2-3,5-8,10-11,14-15,23-26,28-29,45H,4,9,12-13,16-22,27H2,1H3,(H,48,54). The quantitative estimate of drug-likeness (QED) is 0.0615. The van der Waals surface area contributed by atoms with E-state index in [4.69, 9.17) is 14.2 Å². The van der Waals surface area contributed by atoms with Crippen molar-refractivity contribution in [2.24, 2.45) is 0 Å². The number of nitrogens with one attached hydrogen (secondary N) is 2. The third kappa shape index (κ3) is 8.82. The second kappa shape index (κ2) is 18.7. The number of benzene rings is 4. The zero-order chi connectivity index (χ0) is 42.3. The molecule has 0 radical (unpaired) electrons. The minimum atomic E-state index is -0.431. The molecule has 8 rings (SSSR count). The molecule has 5 amide bonds. The second-order valence-electron chi connectivity index (χ2n) is 14.5. The fourth-order valence-electron chi connectivity index (χ4n) is 7.70. The monoisotopic (exact) mass is 827 g/mol. The lowest BCUT2D eigenvalue weighted by molar-refractivity contribution is -0.131. The number of carbonyl (C=O) groups is 5. The Morgan fingerprint density at radius 3 is 1.79 bits per heavy atom. The summed E-state index contributed by atoms with van der Waals surface area (Å²) in [6.07, 6.45) is 10.7. The molecule has 0 saturated heterocycles. The number of hydrazine groups is 1. The van der Waals surface area contributed by atoms with Gasteiger partial charge in [0.1, 0.15) is 6.61 Å². The lowest BCUT2D eigenvalue weighted by Gasteiger charge is -2.30. The fraction of sp³-hybridized carbons (Fsp3) is 0.295. The smallest absolute Gasteiger partial charge is 0.261 e. The summed E-state index contributed by atoms with van der Waals surface area (Å²) in [6, 6.07) is 18.2. The van der Waals surface area contributed by atoms with Crippen molar-refractivity contribution in [2.75, 3.05) is 79.4 Å². The lowest BCUT2D eigenvalue weighted by Crippen LogP contribution is -2.50. The molecule has 0 atom stereocenters. The minimum absolute atomic E-state index is 0.000669. The molecule has 4 aromatic carbocycles. The number of rotatable bonds is 21. The highest BCUT2D eigenvalue weighted by molar-refractivity contribution is 6.26. The number of aromatic nitrogens is 4. The Labute approximate surface area is 350 Å². The number of imide groups is 2. The van der Waals surface area contributed by atoms with Crippen LogP contribution in [0.1, 0.15) is 47.9 Å². The number of imidazole rings is 2. The number of methoxy groups -OCH3 is 1. The third-order valence-electron chi connectivity index (χ3n) is 10.6. The topological polar surface area (TPSA) is 182 Å². The van der Waals surface area contributed by atoms with Crippen molar-refractivity contribution in [3.05, 3.63) is 120 Å². The van der Waals surface area contributed by atoms with Gasteiger partial charge in [0.25, 0.3) is 29.5 Å². The van der Waals surface area contributed by atoms with Crippen LogP contribution in [-0.4, -0.2) is 143 Å². The number of ether oxygens (including phenoxy) is 3. The first-order valence-corrected chi connectivity index (χ1v) is 20.0. The van der Waals surface area contributed by atoms with E-state index in [9.17, 15) is 24.0 Å². The van der Waals surface area contributed by atoms with Gasteiger partial charge in [-0.3, -0.25) is 39.2 Å². The third-order valence-corrected chi connectivity index (χ3v) is 10.6. The Bertz CT molecular complexity index is 2580. The zero-order valence-electron chi connectivity index (χ0n) is 33.6. The molecular weight excluding hydrogens is 783 g/mol. The summed E-state index contributed by atoms with van der Waals surface area (Å²) in [5.41, 5.74) is 6.13. The maximum atomic E-state index is 14.0. The highest BCUT2D eigenvalue weighted by Crippen LogP contribution is 2.34. The number of nitrogens with zero attached hydrogens (tertiary/aromatic N) is 7. The Kier molecular flexibility index (Phi) is 12.6. The molecule has 61 heavy (non-hydrogen) atoms. The van der Waals surface area contributed by atoms with Crippen LogP contribution in [0.4, 0.5) is 0 Å². The lowest BCUT2D eigenvalue weighted by atomic mass is 9.93. The van der Waals surface area contributed by atoms with E-state index in [1.165, 1.54) is 9.80 Å². The van der Waals surface area contributed by atoms with Gasteiger partial charge in [-0.05, 0) is 60.1 Å². The van der Waals surface area contributed by atoms with Gasteiger partial charge in [0.2, 0.25) is 0 Å². The Balaban J connectivity index is 0.894. The number of amides is 5. The predicted octanol–water partition coefficient (Wildman–Crippen LogP) is 3.25. The van der Waals surface area contributed by atoms with Crippen molar-refractivity contribution in [1.82, 2.24) is 44.7 Å². The van der Waals surface area contributed by atoms with Crippen molar-refractivity contribution >= 4 is 51.1 Å². The SMILES string of the molecule is COCCOCCOCC(=O)NN(CCCNCCN1C(=O)c2cccc3cc(-n4ccnc4)cc(c23)C1=O)CCN1C(=O)c2cccc3cc(-n4ccnc4)cc(c23)C1=O. The number of hydrogen-bond acceptors (Lipinski definition) is 12. The van der Waals surface area contributed by atoms with E-state index in [2.05, 4.69) is 20.7 Å². The van der Waals surface area contributed by atoms with Crippen LogP contribution in [0.2, 0.25) is 0 Å². The highest BCUT2D eigenvalue weighted by Gasteiger charge is 2.35. The van der Waals surface area contributed by atoms with E-state index in [1.54, 1.807) is 84.5 Å². The molecule has 0 spiro atoms. The summed E-state index contributed by atoms with van der Waals surface area (Å²) < 4.78 is 19.5. The molecule has 17 heteroatoms. The first-order chi connectivity index (χ1) is 29.8. The van der Waals surface area contributed by atoms with E-state index in [0.717, 1.165) is 22.1 Å². The van der Waals surface area contributed by atoms with E-state index in [0.29, 0.717) is 78.9 Å². The average Bonchev–Trinajstić information content (AvgIpc) is 4.02. The molecular formula is C44H45N9O8. The largest absolute Gasteiger partial charge is 0.382 e. The summed E-state index contributed by atoms with van der Waals surface area (Å²) in [6.45, 7) is 2.58. The van der Waals surface area contributed by atoms with Crippen molar-refractivity contribution in [1.29, 1.82) is 0 Å². The van der Waals surface area contributed by atoms with Gasteiger partial charge in [0, 0.05) is 97.9 Å². The minimum Gasteiger partial charge on any atom is -0.382 e. The molecule has 314 valence electrons. The molecule has 0 unspecified atom stereocenters. The van der Waals surface area contributed by atoms with Gasteiger partial charge in [-0.15, -0.1) is 0 Å². The first kappa shape index (κ1) is 41.1. The van der Waals surface area contributed by atoms with Gasteiger partial charge in [-0.2, -0.15) is 0 Å². The van der Waals surface area contributed by atoms with Crippen molar-refractivity contribution in [3.8, 4) is 11.4 Å². The summed E-state index contributed by atoms with van der Waals surface area (Å²) in [7, 11) is 1.58. The van der Waals surface area contributed by atoms with Gasteiger partial charge in [-0.1, -0.05) is 24.3 Å². The first-order valence-electron chi connectivity index (χ1n) is 20.0. The van der Waals surface area contributed by atoms with Crippen molar-refractivity contribution in [2.45, 2.75) is 6.42 Å². The highest BCUT2D eigenvalue weighted by atomic mass is 16.5. The Morgan fingerprint density at radius 1 is 0.656 bits per heavy atom. The molecule has 2 aliphatic rings. The van der Waals surface area contributed by atoms with Crippen LogP contribution in [0.3, 0.4) is 0 Å². The Hall–Kier alpha value is -6.63. The molecule has 0 saturated carbocycles. The Morgan fingerprint density at radius 2 is 1.21 bits per heavy atom. The van der Waals surface area contributed by atoms with Gasteiger partial charge < -0.3 is 28.7 Å². The molecule has 2 aliphatic heterocycles. The van der Waals surface area contributed by atoms with Gasteiger partial charge in [0.15, 0.2) is 0 Å². The zero-order valence-corrected chi connectivity index (χ0v) is 33.6. The van der Waals surface area contributed by atoms with Crippen LogP contribution in [0, 0.1) is 0 Å². The van der Waals surface area contributed by atoms with Crippen LogP contribution in [0.25, 0.3) is 32.9 Å². The van der Waals surface area contributed by atoms with Gasteiger partial charge in [-0.25, -0.2) is 15.0 Å². The summed E-state index contributed by atoms with van der Waals surface area (Å²) in [5, 5.41) is 7.78. The summed E-state index contributed by atoms with van der Waals surface area (Å²) in [4.78, 5) is 78.9. The van der Waals surface area contributed by atoms with E-state index in [-0.39, 0.29) is 44.7 Å². The van der Waals surface area contributed by atoms with Gasteiger partial charge >= 0.3 is 0 Å². The second-order valence-corrected chi connectivity index (χ2v) is 14.5. The average molecular weight is 828 g/mol. The number of carbonyl (C=O) groups excluding carboxylic acids is 5. The molecule has 0 bridgehead atoms. The molecule has 2 N–H and O–H groups in total.